The molecule has 1 aliphatic carbocycles. The molecule has 2 rings (SSSR count). The second-order valence-electron chi connectivity index (χ2n) is 5.95. The molecule has 0 aromatic heterocycles. The maximum atomic E-state index is 12.8. The number of carbonyl (C=O) groups is 1. The summed E-state index contributed by atoms with van der Waals surface area (Å²) >= 11 is 0. The molecule has 1 saturated carbocycles. The fourth-order valence-electron chi connectivity index (χ4n) is 2.89. The molecule has 0 saturated heterocycles. The number of aryl methyl sites for hydroxylation is 1. The van der Waals surface area contributed by atoms with Crippen LogP contribution in [0.1, 0.15) is 44.6 Å². The van der Waals surface area contributed by atoms with E-state index in [-0.39, 0.29) is 23.9 Å². The van der Waals surface area contributed by atoms with Crippen LogP contribution in [0.5, 0.6) is 0 Å². The number of nitrogens with one attached hydrogen (secondary N) is 1. The predicted octanol–water partition coefficient (Wildman–Crippen LogP) is 2.81. The van der Waals surface area contributed by atoms with Crippen LogP contribution in [-0.2, 0) is 11.2 Å². The number of hydrogen-bond donors (Lipinski definition) is 2. The van der Waals surface area contributed by atoms with Crippen molar-refractivity contribution in [3.05, 3.63) is 35.6 Å². The first-order chi connectivity index (χ1) is 10.1. The number of carbonyl (C=O) groups excluding carboxylic acids is 1. The molecule has 3 nitrogen and oxygen atoms in total. The molecule has 1 aliphatic rings. The normalized spacial score (nSPS) is 22.4. The van der Waals surface area contributed by atoms with Crippen molar-refractivity contribution >= 4 is 5.91 Å². The molecular weight excluding hydrogens is 269 g/mol. The Labute approximate surface area is 125 Å². The molecule has 0 radical (unpaired) electrons. The van der Waals surface area contributed by atoms with E-state index in [1.54, 1.807) is 12.1 Å². The molecule has 21 heavy (non-hydrogen) atoms. The van der Waals surface area contributed by atoms with E-state index in [1.807, 2.05) is 0 Å². The third-order valence-corrected chi connectivity index (χ3v) is 4.29. The van der Waals surface area contributed by atoms with Crippen LogP contribution < -0.4 is 5.32 Å². The first-order valence-corrected chi connectivity index (χ1v) is 7.80. The summed E-state index contributed by atoms with van der Waals surface area (Å²) in [6, 6.07) is 6.61. The van der Waals surface area contributed by atoms with Crippen molar-refractivity contribution in [1.82, 2.24) is 5.32 Å². The van der Waals surface area contributed by atoms with Crippen LogP contribution in [0, 0.1) is 11.7 Å². The zero-order chi connectivity index (χ0) is 15.2. The van der Waals surface area contributed by atoms with Crippen molar-refractivity contribution in [1.29, 1.82) is 0 Å². The summed E-state index contributed by atoms with van der Waals surface area (Å²) in [4.78, 5) is 11.9. The van der Waals surface area contributed by atoms with Gasteiger partial charge in [0, 0.05) is 12.5 Å². The molecule has 0 heterocycles. The fraction of sp³-hybridized carbons (Fsp3) is 0.588. The molecule has 116 valence electrons. The first kappa shape index (κ1) is 16.0. The van der Waals surface area contributed by atoms with E-state index < -0.39 is 0 Å². The molecule has 1 aromatic carbocycles. The summed E-state index contributed by atoms with van der Waals surface area (Å²) in [5.74, 6) is 0.265. The number of aliphatic hydroxyl groups excluding tert-OH is 1. The minimum Gasteiger partial charge on any atom is -0.393 e. The Morgan fingerprint density at radius 1 is 1.38 bits per heavy atom. The Balaban J connectivity index is 1.68. The van der Waals surface area contributed by atoms with E-state index >= 15 is 0 Å². The van der Waals surface area contributed by atoms with E-state index in [9.17, 15) is 14.3 Å². The van der Waals surface area contributed by atoms with E-state index in [2.05, 4.69) is 12.2 Å². The Bertz CT molecular complexity index is 454. The van der Waals surface area contributed by atoms with Gasteiger partial charge in [0.2, 0.25) is 5.91 Å². The monoisotopic (exact) mass is 293 g/mol. The molecule has 1 aromatic rings. The number of aliphatic hydroxyl groups is 1. The van der Waals surface area contributed by atoms with Crippen LogP contribution >= 0.6 is 0 Å². The van der Waals surface area contributed by atoms with Crippen LogP contribution in [0.3, 0.4) is 0 Å². The molecule has 1 amide bonds. The van der Waals surface area contributed by atoms with E-state index in [4.69, 9.17) is 0 Å². The smallest absolute Gasteiger partial charge is 0.220 e. The lowest BCUT2D eigenvalue weighted by molar-refractivity contribution is -0.123. The third kappa shape index (κ3) is 4.81. The van der Waals surface area contributed by atoms with Gasteiger partial charge in [0.1, 0.15) is 5.82 Å². The van der Waals surface area contributed by atoms with Crippen LogP contribution in [-0.4, -0.2) is 23.2 Å². The van der Waals surface area contributed by atoms with Gasteiger partial charge in [-0.3, -0.25) is 4.79 Å². The van der Waals surface area contributed by atoms with Crippen molar-refractivity contribution in [3.63, 3.8) is 0 Å². The predicted molar refractivity (Wildman–Crippen MR) is 80.3 cm³/mol. The van der Waals surface area contributed by atoms with Crippen LogP contribution in [0.2, 0.25) is 0 Å². The summed E-state index contributed by atoms with van der Waals surface area (Å²) in [5.41, 5.74) is 1.05. The first-order valence-electron chi connectivity index (χ1n) is 7.80. The van der Waals surface area contributed by atoms with Crippen molar-refractivity contribution in [3.8, 4) is 0 Å². The van der Waals surface area contributed by atoms with Gasteiger partial charge in [0.15, 0.2) is 0 Å². The molecule has 0 spiro atoms. The average molecular weight is 293 g/mol. The SMILES string of the molecule is CC[C@H](NC(=O)CCCc1ccc(F)cc1)C1CC(O)C1. The van der Waals surface area contributed by atoms with Crippen LogP contribution in [0.25, 0.3) is 0 Å². The summed E-state index contributed by atoms with van der Waals surface area (Å²) in [7, 11) is 0. The number of benzene rings is 1. The van der Waals surface area contributed by atoms with Gasteiger partial charge in [0.25, 0.3) is 0 Å². The second-order valence-corrected chi connectivity index (χ2v) is 5.95. The van der Waals surface area contributed by atoms with Crippen molar-refractivity contribution in [2.24, 2.45) is 5.92 Å². The van der Waals surface area contributed by atoms with Gasteiger partial charge in [0.05, 0.1) is 6.10 Å². The highest BCUT2D eigenvalue weighted by Gasteiger charge is 2.33. The Morgan fingerprint density at radius 2 is 2.05 bits per heavy atom. The van der Waals surface area contributed by atoms with Gasteiger partial charge in [-0.25, -0.2) is 4.39 Å². The van der Waals surface area contributed by atoms with Gasteiger partial charge < -0.3 is 10.4 Å². The van der Waals surface area contributed by atoms with E-state index in [0.29, 0.717) is 12.3 Å². The Morgan fingerprint density at radius 3 is 2.62 bits per heavy atom. The summed E-state index contributed by atoms with van der Waals surface area (Å²) in [6.45, 7) is 2.06. The lowest BCUT2D eigenvalue weighted by Gasteiger charge is -2.37. The zero-order valence-corrected chi connectivity index (χ0v) is 12.5. The number of rotatable bonds is 7. The Hall–Kier alpha value is -1.42. The minimum absolute atomic E-state index is 0.0744. The molecule has 1 atom stereocenters. The molecule has 0 aliphatic heterocycles. The zero-order valence-electron chi connectivity index (χ0n) is 12.5. The van der Waals surface area contributed by atoms with Crippen molar-refractivity contribution in [2.45, 2.75) is 57.6 Å². The largest absolute Gasteiger partial charge is 0.393 e. The second kappa shape index (κ2) is 7.55. The average Bonchev–Trinajstić information content (AvgIpc) is 2.44. The van der Waals surface area contributed by atoms with Crippen LogP contribution in [0.15, 0.2) is 24.3 Å². The van der Waals surface area contributed by atoms with Crippen LogP contribution in [0.4, 0.5) is 4.39 Å². The molecule has 0 unspecified atom stereocenters. The number of halogens is 1. The van der Waals surface area contributed by atoms with Crippen molar-refractivity contribution in [2.75, 3.05) is 0 Å². The quantitative estimate of drug-likeness (QED) is 0.812. The highest BCUT2D eigenvalue weighted by atomic mass is 19.1. The molecule has 4 heteroatoms. The lowest BCUT2D eigenvalue weighted by atomic mass is 9.76. The standard InChI is InChI=1S/C17H24FNO2/c1-2-16(13-10-15(20)11-13)19-17(21)5-3-4-12-6-8-14(18)9-7-12/h6-9,13,15-16,20H,2-5,10-11H2,1H3,(H,19,21)/t13?,15?,16-/m0/s1. The molecule has 1 fully saturated rings. The third-order valence-electron chi connectivity index (χ3n) is 4.29. The topological polar surface area (TPSA) is 49.3 Å². The maximum Gasteiger partial charge on any atom is 0.220 e. The summed E-state index contributed by atoms with van der Waals surface area (Å²) in [5, 5.41) is 12.4. The molecule has 0 bridgehead atoms. The van der Waals surface area contributed by atoms with Crippen molar-refractivity contribution < 1.29 is 14.3 Å². The summed E-state index contributed by atoms with van der Waals surface area (Å²) < 4.78 is 12.8. The van der Waals surface area contributed by atoms with Gasteiger partial charge in [-0.2, -0.15) is 0 Å². The minimum atomic E-state index is -0.232. The van der Waals surface area contributed by atoms with Gasteiger partial charge >= 0.3 is 0 Å². The highest BCUT2D eigenvalue weighted by Crippen LogP contribution is 2.31. The lowest BCUT2D eigenvalue weighted by Crippen LogP contribution is -2.46. The van der Waals surface area contributed by atoms with Gasteiger partial charge in [-0.05, 0) is 55.7 Å². The van der Waals surface area contributed by atoms with E-state index in [1.165, 1.54) is 12.1 Å². The fourth-order valence-corrected chi connectivity index (χ4v) is 2.89. The number of amides is 1. The summed E-state index contributed by atoms with van der Waals surface area (Å²) in [6.07, 6.45) is 4.36. The van der Waals surface area contributed by atoms with E-state index in [0.717, 1.165) is 37.7 Å². The van der Waals surface area contributed by atoms with Gasteiger partial charge in [-0.15, -0.1) is 0 Å². The molecule has 2 N–H and O–H groups in total. The maximum absolute atomic E-state index is 12.8. The molecular formula is C17H24FNO2. The van der Waals surface area contributed by atoms with Gasteiger partial charge in [-0.1, -0.05) is 19.1 Å². The number of hydrogen-bond acceptors (Lipinski definition) is 2. The Kier molecular flexibility index (Phi) is 5.74. The highest BCUT2D eigenvalue weighted by molar-refractivity contribution is 5.76.